The first-order valence-corrected chi connectivity index (χ1v) is 7.68. The van der Waals surface area contributed by atoms with Crippen LogP contribution in [0.4, 0.5) is 0 Å². The Balaban J connectivity index is 1.74. The topological polar surface area (TPSA) is 20.2 Å². The molecular formula is C22H16O. The SMILES string of the molecule is OC(C#CC#Cc1ccccc1)c1ccccc1C#CC1CC1. The Bertz CT molecular complexity index is 856. The summed E-state index contributed by atoms with van der Waals surface area (Å²) in [4.78, 5) is 0. The van der Waals surface area contributed by atoms with Crippen LogP contribution < -0.4 is 0 Å². The van der Waals surface area contributed by atoms with Gasteiger partial charge in [-0.2, -0.15) is 0 Å². The lowest BCUT2D eigenvalue weighted by Crippen LogP contribution is -1.97. The summed E-state index contributed by atoms with van der Waals surface area (Å²) in [5, 5.41) is 10.3. The van der Waals surface area contributed by atoms with Crippen molar-refractivity contribution < 1.29 is 5.11 Å². The van der Waals surface area contributed by atoms with Crippen molar-refractivity contribution in [3.8, 4) is 35.5 Å². The number of rotatable bonds is 1. The van der Waals surface area contributed by atoms with Gasteiger partial charge in [0.15, 0.2) is 0 Å². The van der Waals surface area contributed by atoms with Crippen molar-refractivity contribution in [3.63, 3.8) is 0 Å². The van der Waals surface area contributed by atoms with Gasteiger partial charge in [-0.25, -0.2) is 0 Å². The molecule has 23 heavy (non-hydrogen) atoms. The van der Waals surface area contributed by atoms with Crippen LogP contribution in [0.2, 0.25) is 0 Å². The van der Waals surface area contributed by atoms with Crippen molar-refractivity contribution in [2.75, 3.05) is 0 Å². The van der Waals surface area contributed by atoms with Crippen LogP contribution in [0, 0.1) is 41.4 Å². The second-order valence-electron chi connectivity index (χ2n) is 5.42. The summed E-state index contributed by atoms with van der Waals surface area (Å²) in [5.41, 5.74) is 2.50. The van der Waals surface area contributed by atoms with Gasteiger partial charge in [-0.05, 0) is 42.9 Å². The lowest BCUT2D eigenvalue weighted by atomic mass is 10.0. The van der Waals surface area contributed by atoms with E-state index in [4.69, 9.17) is 0 Å². The van der Waals surface area contributed by atoms with Crippen LogP contribution in [0.5, 0.6) is 0 Å². The van der Waals surface area contributed by atoms with E-state index >= 15 is 0 Å². The molecule has 2 aromatic rings. The maximum Gasteiger partial charge on any atom is 0.142 e. The molecule has 1 saturated carbocycles. The monoisotopic (exact) mass is 296 g/mol. The van der Waals surface area contributed by atoms with Gasteiger partial charge >= 0.3 is 0 Å². The molecule has 1 N–H and O–H groups in total. The molecule has 2 aromatic carbocycles. The lowest BCUT2D eigenvalue weighted by Gasteiger charge is -2.05. The molecule has 0 heterocycles. The van der Waals surface area contributed by atoms with E-state index in [1.165, 1.54) is 12.8 Å². The fourth-order valence-electron chi connectivity index (χ4n) is 2.06. The first kappa shape index (κ1) is 15.0. The molecule has 1 heteroatoms. The average molecular weight is 296 g/mol. The molecule has 1 aliphatic rings. The molecule has 110 valence electrons. The van der Waals surface area contributed by atoms with E-state index in [1.807, 2.05) is 54.6 Å². The van der Waals surface area contributed by atoms with Gasteiger partial charge in [0, 0.05) is 22.6 Å². The van der Waals surface area contributed by atoms with E-state index < -0.39 is 6.10 Å². The van der Waals surface area contributed by atoms with Gasteiger partial charge in [-0.15, -0.1) is 0 Å². The van der Waals surface area contributed by atoms with Gasteiger partial charge in [0.2, 0.25) is 0 Å². The second-order valence-corrected chi connectivity index (χ2v) is 5.42. The maximum absolute atomic E-state index is 10.3. The molecule has 0 radical (unpaired) electrons. The van der Waals surface area contributed by atoms with Gasteiger partial charge in [-0.3, -0.25) is 0 Å². The molecule has 1 atom stereocenters. The van der Waals surface area contributed by atoms with Gasteiger partial charge < -0.3 is 5.11 Å². The highest BCUT2D eigenvalue weighted by Crippen LogP contribution is 2.28. The highest BCUT2D eigenvalue weighted by Gasteiger charge is 2.18. The molecule has 0 spiro atoms. The Morgan fingerprint density at radius 2 is 1.61 bits per heavy atom. The van der Waals surface area contributed by atoms with Crippen molar-refractivity contribution in [3.05, 3.63) is 71.3 Å². The molecular weight excluding hydrogens is 280 g/mol. The van der Waals surface area contributed by atoms with Crippen LogP contribution in [0.3, 0.4) is 0 Å². The molecule has 0 aromatic heterocycles. The zero-order chi connectivity index (χ0) is 15.9. The summed E-state index contributed by atoms with van der Waals surface area (Å²) >= 11 is 0. The Hall–Kier alpha value is -2.92. The third kappa shape index (κ3) is 4.52. The van der Waals surface area contributed by atoms with Crippen LogP contribution >= 0.6 is 0 Å². The van der Waals surface area contributed by atoms with Crippen LogP contribution in [0.1, 0.15) is 35.6 Å². The summed E-state index contributed by atoms with van der Waals surface area (Å²) in [6, 6.07) is 17.3. The normalized spacial score (nSPS) is 13.4. The fourth-order valence-corrected chi connectivity index (χ4v) is 2.06. The Labute approximate surface area is 137 Å². The summed E-state index contributed by atoms with van der Waals surface area (Å²) in [7, 11) is 0. The minimum atomic E-state index is -0.871. The summed E-state index contributed by atoms with van der Waals surface area (Å²) in [5.74, 6) is 18.1. The van der Waals surface area contributed by atoms with Gasteiger partial charge in [-0.1, -0.05) is 60.1 Å². The summed E-state index contributed by atoms with van der Waals surface area (Å²) in [6.45, 7) is 0. The van der Waals surface area contributed by atoms with Gasteiger partial charge in [0.05, 0.1) is 0 Å². The lowest BCUT2D eigenvalue weighted by molar-refractivity contribution is 0.238. The van der Waals surface area contributed by atoms with Crippen LogP contribution in [-0.2, 0) is 0 Å². The first-order chi connectivity index (χ1) is 11.3. The number of benzene rings is 2. The summed E-state index contributed by atoms with van der Waals surface area (Å²) in [6.07, 6.45) is 1.50. The van der Waals surface area contributed by atoms with Gasteiger partial charge in [0.1, 0.15) is 6.10 Å². The van der Waals surface area contributed by atoms with E-state index in [1.54, 1.807) is 0 Å². The number of aliphatic hydroxyl groups excluding tert-OH is 1. The van der Waals surface area contributed by atoms with Crippen LogP contribution in [0.25, 0.3) is 0 Å². The standard InChI is InChI=1S/C22H16O/c23-22(13-7-4-10-18-8-2-1-3-9-18)21-12-6-5-11-20(21)17-16-19-14-15-19/h1-3,5-6,8-9,11-12,19,22-23H,14-15H2. The molecule has 3 rings (SSSR count). The molecule has 1 nitrogen and oxygen atoms in total. The molecule has 1 aliphatic carbocycles. The second kappa shape index (κ2) is 7.38. The van der Waals surface area contributed by atoms with Crippen molar-refractivity contribution in [2.45, 2.75) is 18.9 Å². The van der Waals surface area contributed by atoms with Crippen LogP contribution in [0.15, 0.2) is 54.6 Å². The van der Waals surface area contributed by atoms with E-state index in [0.29, 0.717) is 5.92 Å². The predicted octanol–water partition coefficient (Wildman–Crippen LogP) is 3.54. The molecule has 1 fully saturated rings. The van der Waals surface area contributed by atoms with Crippen molar-refractivity contribution >= 4 is 0 Å². The Morgan fingerprint density at radius 3 is 2.39 bits per heavy atom. The van der Waals surface area contributed by atoms with E-state index in [9.17, 15) is 5.11 Å². The molecule has 0 aliphatic heterocycles. The van der Waals surface area contributed by atoms with E-state index in [-0.39, 0.29) is 0 Å². The Morgan fingerprint density at radius 1 is 0.870 bits per heavy atom. The zero-order valence-corrected chi connectivity index (χ0v) is 12.7. The third-order valence-electron chi connectivity index (χ3n) is 3.50. The average Bonchev–Trinajstić information content (AvgIpc) is 3.42. The van der Waals surface area contributed by atoms with Crippen molar-refractivity contribution in [2.24, 2.45) is 5.92 Å². The zero-order valence-electron chi connectivity index (χ0n) is 12.7. The third-order valence-corrected chi connectivity index (χ3v) is 3.50. The molecule has 0 saturated heterocycles. The van der Waals surface area contributed by atoms with E-state index in [2.05, 4.69) is 35.5 Å². The van der Waals surface area contributed by atoms with E-state index in [0.717, 1.165) is 16.7 Å². The smallest absolute Gasteiger partial charge is 0.142 e. The summed E-state index contributed by atoms with van der Waals surface area (Å²) < 4.78 is 0. The highest BCUT2D eigenvalue weighted by atomic mass is 16.3. The highest BCUT2D eigenvalue weighted by molar-refractivity contribution is 5.46. The fraction of sp³-hybridized carbons (Fsp3) is 0.182. The minimum Gasteiger partial charge on any atom is -0.376 e. The Kier molecular flexibility index (Phi) is 4.81. The largest absolute Gasteiger partial charge is 0.376 e. The first-order valence-electron chi connectivity index (χ1n) is 7.68. The number of hydrogen-bond donors (Lipinski definition) is 1. The number of aliphatic hydroxyl groups is 1. The quantitative estimate of drug-likeness (QED) is 0.798. The minimum absolute atomic E-state index is 0.531. The molecule has 0 bridgehead atoms. The van der Waals surface area contributed by atoms with Crippen LogP contribution in [-0.4, -0.2) is 5.11 Å². The molecule has 1 unspecified atom stereocenters. The predicted molar refractivity (Wildman–Crippen MR) is 92.1 cm³/mol. The van der Waals surface area contributed by atoms with Crippen molar-refractivity contribution in [1.82, 2.24) is 0 Å². The van der Waals surface area contributed by atoms with Gasteiger partial charge in [0.25, 0.3) is 0 Å². The molecule has 0 amide bonds. The van der Waals surface area contributed by atoms with Crippen molar-refractivity contribution in [1.29, 1.82) is 0 Å². The maximum atomic E-state index is 10.3. The number of hydrogen-bond acceptors (Lipinski definition) is 1.